The van der Waals surface area contributed by atoms with Gasteiger partial charge >= 0.3 is 0 Å². The van der Waals surface area contributed by atoms with Gasteiger partial charge in [0.2, 0.25) is 5.91 Å². The lowest BCUT2D eigenvalue weighted by Crippen LogP contribution is -2.22. The maximum atomic E-state index is 12.0. The number of halogens is 2. The summed E-state index contributed by atoms with van der Waals surface area (Å²) in [6, 6.07) is 11.0. The normalized spacial score (nSPS) is 10.3. The van der Waals surface area contributed by atoms with Gasteiger partial charge in [-0.1, -0.05) is 35.3 Å². The molecule has 110 valence electrons. The summed E-state index contributed by atoms with van der Waals surface area (Å²) in [6.07, 6.45) is 0. The molecule has 0 unspecified atom stereocenters. The summed E-state index contributed by atoms with van der Waals surface area (Å²) in [5.74, 6) is -0.180. The first kappa shape index (κ1) is 15.7. The third kappa shape index (κ3) is 4.38. The van der Waals surface area contributed by atoms with E-state index in [1.54, 1.807) is 18.2 Å². The average Bonchev–Trinajstić information content (AvgIpc) is 2.44. The summed E-state index contributed by atoms with van der Waals surface area (Å²) >= 11 is 11.9. The molecule has 2 aromatic carbocycles. The Morgan fingerprint density at radius 3 is 2.57 bits per heavy atom. The monoisotopic (exact) mass is 322 g/mol. The van der Waals surface area contributed by atoms with Gasteiger partial charge in [0.05, 0.1) is 17.3 Å². The number of benzene rings is 2. The van der Waals surface area contributed by atoms with E-state index in [0.29, 0.717) is 15.7 Å². The van der Waals surface area contributed by atoms with Crippen LogP contribution in [0.1, 0.15) is 11.1 Å². The predicted octanol–water partition coefficient (Wildman–Crippen LogP) is 4.66. The van der Waals surface area contributed by atoms with Gasteiger partial charge in [0.25, 0.3) is 0 Å². The Kier molecular flexibility index (Phi) is 5.10. The predicted molar refractivity (Wildman–Crippen MR) is 89.5 cm³/mol. The van der Waals surface area contributed by atoms with Gasteiger partial charge < -0.3 is 10.6 Å². The standard InChI is InChI=1S/C16H16Cl2N2O/c1-10-3-4-11(2)14(7-10)19-9-16(21)20-15-8-12(17)5-6-13(15)18/h3-8,19H,9H2,1-2H3,(H,20,21). The van der Waals surface area contributed by atoms with Gasteiger partial charge in [0.15, 0.2) is 0 Å². The topological polar surface area (TPSA) is 41.1 Å². The van der Waals surface area contributed by atoms with E-state index in [4.69, 9.17) is 23.2 Å². The largest absolute Gasteiger partial charge is 0.376 e. The van der Waals surface area contributed by atoms with Gasteiger partial charge in [0, 0.05) is 10.7 Å². The van der Waals surface area contributed by atoms with Crippen molar-refractivity contribution in [3.05, 3.63) is 57.6 Å². The van der Waals surface area contributed by atoms with Crippen LogP contribution in [0.3, 0.4) is 0 Å². The number of hydrogen-bond donors (Lipinski definition) is 2. The van der Waals surface area contributed by atoms with E-state index in [2.05, 4.69) is 10.6 Å². The first-order valence-electron chi connectivity index (χ1n) is 6.52. The fourth-order valence-corrected chi connectivity index (χ4v) is 2.23. The molecule has 2 rings (SSSR count). The Morgan fingerprint density at radius 1 is 1.05 bits per heavy atom. The molecule has 3 nitrogen and oxygen atoms in total. The smallest absolute Gasteiger partial charge is 0.243 e. The molecule has 0 aliphatic rings. The Balaban J connectivity index is 1.99. The minimum absolute atomic E-state index is 0.160. The Labute approximate surface area is 134 Å². The van der Waals surface area contributed by atoms with Crippen molar-refractivity contribution in [2.24, 2.45) is 0 Å². The zero-order chi connectivity index (χ0) is 15.4. The van der Waals surface area contributed by atoms with Gasteiger partial charge in [-0.2, -0.15) is 0 Å². The maximum Gasteiger partial charge on any atom is 0.243 e. The number of hydrogen-bond acceptors (Lipinski definition) is 2. The molecule has 0 radical (unpaired) electrons. The highest BCUT2D eigenvalue weighted by Crippen LogP contribution is 2.25. The van der Waals surface area contributed by atoms with E-state index < -0.39 is 0 Å². The zero-order valence-electron chi connectivity index (χ0n) is 11.8. The van der Waals surface area contributed by atoms with Crippen LogP contribution >= 0.6 is 23.2 Å². The van der Waals surface area contributed by atoms with Gasteiger partial charge in [-0.25, -0.2) is 0 Å². The highest BCUT2D eigenvalue weighted by Gasteiger charge is 2.07. The Bertz CT molecular complexity index is 671. The maximum absolute atomic E-state index is 12.0. The molecule has 0 aliphatic carbocycles. The molecule has 0 spiro atoms. The second kappa shape index (κ2) is 6.83. The lowest BCUT2D eigenvalue weighted by molar-refractivity contribution is -0.114. The van der Waals surface area contributed by atoms with Crippen molar-refractivity contribution in [1.29, 1.82) is 0 Å². The molecule has 0 heterocycles. The third-order valence-corrected chi connectivity index (χ3v) is 3.60. The minimum atomic E-state index is -0.180. The molecule has 5 heteroatoms. The van der Waals surface area contributed by atoms with Crippen LogP contribution in [0.5, 0.6) is 0 Å². The Morgan fingerprint density at radius 2 is 1.81 bits per heavy atom. The molecule has 1 amide bonds. The SMILES string of the molecule is Cc1ccc(C)c(NCC(=O)Nc2cc(Cl)ccc2Cl)c1. The lowest BCUT2D eigenvalue weighted by Gasteiger charge is -2.11. The van der Waals surface area contributed by atoms with Crippen LogP contribution in [-0.4, -0.2) is 12.5 Å². The first-order valence-corrected chi connectivity index (χ1v) is 7.27. The van der Waals surface area contributed by atoms with Crippen molar-refractivity contribution < 1.29 is 4.79 Å². The molecule has 21 heavy (non-hydrogen) atoms. The highest BCUT2D eigenvalue weighted by atomic mass is 35.5. The lowest BCUT2D eigenvalue weighted by atomic mass is 10.1. The highest BCUT2D eigenvalue weighted by molar-refractivity contribution is 6.35. The van der Waals surface area contributed by atoms with E-state index in [0.717, 1.165) is 16.8 Å². The zero-order valence-corrected chi connectivity index (χ0v) is 13.3. The molecule has 0 bridgehead atoms. The van der Waals surface area contributed by atoms with E-state index >= 15 is 0 Å². The van der Waals surface area contributed by atoms with E-state index in [1.165, 1.54) is 0 Å². The van der Waals surface area contributed by atoms with Crippen LogP contribution < -0.4 is 10.6 Å². The minimum Gasteiger partial charge on any atom is -0.376 e. The van der Waals surface area contributed by atoms with Crippen molar-refractivity contribution in [3.8, 4) is 0 Å². The fourth-order valence-electron chi connectivity index (χ4n) is 1.89. The summed E-state index contributed by atoms with van der Waals surface area (Å²) in [4.78, 5) is 12.0. The number of anilines is 2. The molecular formula is C16H16Cl2N2O. The molecule has 0 aromatic heterocycles. The second-order valence-electron chi connectivity index (χ2n) is 4.84. The summed E-state index contributed by atoms with van der Waals surface area (Å²) in [5.41, 5.74) is 3.69. The van der Waals surface area contributed by atoms with Gasteiger partial charge in [-0.15, -0.1) is 0 Å². The van der Waals surface area contributed by atoms with Gasteiger partial charge in [0.1, 0.15) is 0 Å². The van der Waals surface area contributed by atoms with Crippen molar-refractivity contribution in [3.63, 3.8) is 0 Å². The molecular weight excluding hydrogens is 307 g/mol. The summed E-state index contributed by atoms with van der Waals surface area (Å²) in [6.45, 7) is 4.16. The molecule has 2 aromatic rings. The van der Waals surface area contributed by atoms with Crippen molar-refractivity contribution >= 4 is 40.5 Å². The summed E-state index contributed by atoms with van der Waals surface area (Å²) in [5, 5.41) is 6.84. The van der Waals surface area contributed by atoms with Crippen LogP contribution in [0.15, 0.2) is 36.4 Å². The fraction of sp³-hybridized carbons (Fsp3) is 0.188. The number of aryl methyl sites for hydroxylation is 2. The average molecular weight is 323 g/mol. The van der Waals surface area contributed by atoms with E-state index in [9.17, 15) is 4.79 Å². The quantitative estimate of drug-likeness (QED) is 0.859. The molecule has 0 aliphatic heterocycles. The van der Waals surface area contributed by atoms with E-state index in [-0.39, 0.29) is 12.5 Å². The van der Waals surface area contributed by atoms with Gasteiger partial charge in [-0.05, 0) is 49.2 Å². The first-order chi connectivity index (χ1) is 9.95. The number of carbonyl (C=O) groups excluding carboxylic acids is 1. The van der Waals surface area contributed by atoms with E-state index in [1.807, 2.05) is 32.0 Å². The summed E-state index contributed by atoms with van der Waals surface area (Å²) in [7, 11) is 0. The third-order valence-electron chi connectivity index (χ3n) is 3.03. The van der Waals surface area contributed by atoms with Crippen molar-refractivity contribution in [1.82, 2.24) is 0 Å². The van der Waals surface area contributed by atoms with Crippen LogP contribution in [0, 0.1) is 13.8 Å². The summed E-state index contributed by atoms with van der Waals surface area (Å²) < 4.78 is 0. The van der Waals surface area contributed by atoms with Crippen LogP contribution in [0.25, 0.3) is 0 Å². The molecule has 0 saturated carbocycles. The Hall–Kier alpha value is -1.71. The number of nitrogens with one attached hydrogen (secondary N) is 2. The molecule has 2 N–H and O–H groups in total. The number of rotatable bonds is 4. The molecule has 0 atom stereocenters. The van der Waals surface area contributed by atoms with Crippen molar-refractivity contribution in [2.45, 2.75) is 13.8 Å². The molecule has 0 fully saturated rings. The van der Waals surface area contributed by atoms with Crippen LogP contribution in [-0.2, 0) is 4.79 Å². The second-order valence-corrected chi connectivity index (χ2v) is 5.69. The van der Waals surface area contributed by atoms with Crippen LogP contribution in [0.4, 0.5) is 11.4 Å². The molecule has 0 saturated heterocycles. The number of amides is 1. The van der Waals surface area contributed by atoms with Gasteiger partial charge in [-0.3, -0.25) is 4.79 Å². The number of carbonyl (C=O) groups is 1. The van der Waals surface area contributed by atoms with Crippen LogP contribution in [0.2, 0.25) is 10.0 Å². The van der Waals surface area contributed by atoms with Crippen molar-refractivity contribution in [2.75, 3.05) is 17.2 Å².